The lowest BCUT2D eigenvalue weighted by atomic mass is 10.3. The first kappa shape index (κ1) is 15.1. The minimum Gasteiger partial charge on any atom is -0.493 e. The van der Waals surface area contributed by atoms with Crippen molar-refractivity contribution in [1.82, 2.24) is 0 Å². The first-order valence-electron chi connectivity index (χ1n) is 6.62. The number of halogens is 1. The Morgan fingerprint density at radius 1 is 1.14 bits per heavy atom. The number of nitrogens with one attached hydrogen (secondary N) is 1. The predicted molar refractivity (Wildman–Crippen MR) is 79.4 cm³/mol. The molecule has 4 nitrogen and oxygen atoms in total. The summed E-state index contributed by atoms with van der Waals surface area (Å²) in [6, 6.07) is 13.3. The van der Waals surface area contributed by atoms with Crippen LogP contribution >= 0.6 is 0 Å². The second-order valence-electron chi connectivity index (χ2n) is 4.51. The van der Waals surface area contributed by atoms with Gasteiger partial charge in [0, 0.05) is 12.2 Å². The highest BCUT2D eigenvalue weighted by atomic mass is 19.1. The van der Waals surface area contributed by atoms with E-state index in [0.29, 0.717) is 17.2 Å². The molecule has 0 aromatic heterocycles. The highest BCUT2D eigenvalue weighted by Crippen LogP contribution is 2.25. The van der Waals surface area contributed by atoms with Gasteiger partial charge in [0.05, 0.1) is 7.11 Å². The fourth-order valence-electron chi connectivity index (χ4n) is 1.82. The van der Waals surface area contributed by atoms with Gasteiger partial charge in [-0.3, -0.25) is 0 Å². The van der Waals surface area contributed by atoms with Gasteiger partial charge in [0.1, 0.15) is 18.5 Å². The molecule has 1 unspecified atom stereocenters. The van der Waals surface area contributed by atoms with Crippen molar-refractivity contribution in [2.75, 3.05) is 25.6 Å². The Balaban J connectivity index is 1.81. The third-order valence-corrected chi connectivity index (χ3v) is 2.87. The van der Waals surface area contributed by atoms with Gasteiger partial charge in [-0.25, -0.2) is 4.39 Å². The number of benzene rings is 2. The van der Waals surface area contributed by atoms with Gasteiger partial charge in [-0.1, -0.05) is 18.2 Å². The molecule has 2 aromatic carbocycles. The van der Waals surface area contributed by atoms with Crippen LogP contribution in [0.15, 0.2) is 48.5 Å². The molecule has 0 amide bonds. The van der Waals surface area contributed by atoms with E-state index in [1.807, 2.05) is 12.1 Å². The Morgan fingerprint density at radius 2 is 1.90 bits per heavy atom. The van der Waals surface area contributed by atoms with E-state index in [1.165, 1.54) is 12.1 Å². The van der Waals surface area contributed by atoms with Crippen molar-refractivity contribution in [2.45, 2.75) is 6.10 Å². The van der Waals surface area contributed by atoms with Crippen LogP contribution in [0.4, 0.5) is 10.1 Å². The number of hydrogen-bond donors (Lipinski definition) is 2. The van der Waals surface area contributed by atoms with E-state index in [9.17, 15) is 9.50 Å². The molecule has 0 spiro atoms. The van der Waals surface area contributed by atoms with E-state index in [-0.39, 0.29) is 19.0 Å². The molecule has 5 heteroatoms. The molecule has 2 N–H and O–H groups in total. The molecule has 0 radical (unpaired) electrons. The SMILES string of the molecule is COc1ccccc1OCC(O)CNc1cccc(F)c1. The molecule has 2 aromatic rings. The van der Waals surface area contributed by atoms with Crippen molar-refractivity contribution < 1.29 is 19.0 Å². The number of ether oxygens (including phenoxy) is 2. The van der Waals surface area contributed by atoms with Crippen LogP contribution in [0, 0.1) is 5.82 Å². The van der Waals surface area contributed by atoms with Crippen LogP contribution in [0.2, 0.25) is 0 Å². The van der Waals surface area contributed by atoms with Crippen LogP contribution in [0.5, 0.6) is 11.5 Å². The normalized spacial score (nSPS) is 11.8. The molecule has 21 heavy (non-hydrogen) atoms. The van der Waals surface area contributed by atoms with E-state index in [2.05, 4.69) is 5.32 Å². The lowest BCUT2D eigenvalue weighted by molar-refractivity contribution is 0.115. The average Bonchev–Trinajstić information content (AvgIpc) is 2.51. The van der Waals surface area contributed by atoms with Gasteiger partial charge in [0.2, 0.25) is 0 Å². The summed E-state index contributed by atoms with van der Waals surface area (Å²) in [5, 5.41) is 12.8. The second-order valence-corrected chi connectivity index (χ2v) is 4.51. The van der Waals surface area contributed by atoms with Gasteiger partial charge < -0.3 is 19.9 Å². The monoisotopic (exact) mass is 291 g/mol. The van der Waals surface area contributed by atoms with Crippen LogP contribution in [0.25, 0.3) is 0 Å². The first-order valence-corrected chi connectivity index (χ1v) is 6.62. The molecule has 0 aliphatic heterocycles. The molecular weight excluding hydrogens is 273 g/mol. The minimum atomic E-state index is -0.724. The molecule has 0 heterocycles. The van der Waals surface area contributed by atoms with Crippen molar-refractivity contribution >= 4 is 5.69 Å². The molecule has 2 rings (SSSR count). The lowest BCUT2D eigenvalue weighted by Crippen LogP contribution is -2.26. The van der Waals surface area contributed by atoms with Gasteiger partial charge >= 0.3 is 0 Å². The number of hydrogen-bond acceptors (Lipinski definition) is 4. The van der Waals surface area contributed by atoms with Gasteiger partial charge in [-0.05, 0) is 30.3 Å². The topological polar surface area (TPSA) is 50.7 Å². The standard InChI is InChI=1S/C16H18FNO3/c1-20-15-7-2-3-8-16(15)21-11-14(19)10-18-13-6-4-5-12(17)9-13/h2-9,14,18-19H,10-11H2,1H3. The van der Waals surface area contributed by atoms with Crippen molar-refractivity contribution in [3.8, 4) is 11.5 Å². The molecule has 0 fully saturated rings. The van der Waals surface area contributed by atoms with Gasteiger partial charge in [0.15, 0.2) is 11.5 Å². The van der Waals surface area contributed by atoms with Crippen molar-refractivity contribution in [3.05, 3.63) is 54.3 Å². The zero-order valence-corrected chi connectivity index (χ0v) is 11.8. The van der Waals surface area contributed by atoms with E-state index in [0.717, 1.165) is 0 Å². The maximum Gasteiger partial charge on any atom is 0.161 e. The van der Waals surface area contributed by atoms with E-state index < -0.39 is 6.10 Å². The third kappa shape index (κ3) is 4.65. The number of methoxy groups -OCH3 is 1. The number of rotatable bonds is 7. The van der Waals surface area contributed by atoms with Crippen LogP contribution in [-0.2, 0) is 0 Å². The molecule has 0 saturated carbocycles. The Labute approximate surface area is 123 Å². The number of aliphatic hydroxyl groups excluding tert-OH is 1. The number of aliphatic hydroxyl groups is 1. The molecular formula is C16H18FNO3. The summed E-state index contributed by atoms with van der Waals surface area (Å²) in [4.78, 5) is 0. The molecule has 0 aliphatic carbocycles. The molecule has 112 valence electrons. The van der Waals surface area contributed by atoms with Gasteiger partial charge in [-0.2, -0.15) is 0 Å². The number of anilines is 1. The summed E-state index contributed by atoms with van der Waals surface area (Å²) >= 11 is 0. The third-order valence-electron chi connectivity index (χ3n) is 2.87. The number of para-hydroxylation sites is 2. The summed E-state index contributed by atoms with van der Waals surface area (Å²) in [6.45, 7) is 0.376. The fourth-order valence-corrected chi connectivity index (χ4v) is 1.82. The summed E-state index contributed by atoms with van der Waals surface area (Å²) in [5.41, 5.74) is 0.617. The zero-order valence-electron chi connectivity index (χ0n) is 11.8. The molecule has 0 aliphatic rings. The van der Waals surface area contributed by atoms with Crippen LogP contribution in [-0.4, -0.2) is 31.5 Å². The van der Waals surface area contributed by atoms with Crippen LogP contribution < -0.4 is 14.8 Å². The lowest BCUT2D eigenvalue weighted by Gasteiger charge is -2.15. The summed E-state index contributed by atoms with van der Waals surface area (Å²) in [6.07, 6.45) is -0.724. The van der Waals surface area contributed by atoms with Gasteiger partial charge in [-0.15, -0.1) is 0 Å². The van der Waals surface area contributed by atoms with Crippen molar-refractivity contribution in [3.63, 3.8) is 0 Å². The smallest absolute Gasteiger partial charge is 0.161 e. The molecule has 1 atom stereocenters. The summed E-state index contributed by atoms with van der Waals surface area (Å²) in [5.74, 6) is 0.868. The average molecular weight is 291 g/mol. The Kier molecular flexibility index (Phi) is 5.40. The van der Waals surface area contributed by atoms with E-state index >= 15 is 0 Å². The molecule has 0 bridgehead atoms. The van der Waals surface area contributed by atoms with E-state index in [1.54, 1.807) is 31.4 Å². The Bertz CT molecular complexity index is 577. The first-order chi connectivity index (χ1) is 10.2. The Morgan fingerprint density at radius 3 is 2.62 bits per heavy atom. The van der Waals surface area contributed by atoms with Crippen LogP contribution in [0.3, 0.4) is 0 Å². The van der Waals surface area contributed by atoms with Crippen LogP contribution in [0.1, 0.15) is 0 Å². The van der Waals surface area contributed by atoms with Crippen molar-refractivity contribution in [1.29, 1.82) is 0 Å². The fraction of sp³-hybridized carbons (Fsp3) is 0.250. The minimum absolute atomic E-state index is 0.114. The van der Waals surface area contributed by atoms with Gasteiger partial charge in [0.25, 0.3) is 0 Å². The second kappa shape index (κ2) is 7.50. The summed E-state index contributed by atoms with van der Waals surface area (Å²) in [7, 11) is 1.56. The van der Waals surface area contributed by atoms with Crippen molar-refractivity contribution in [2.24, 2.45) is 0 Å². The predicted octanol–water partition coefficient (Wildman–Crippen LogP) is 2.69. The zero-order chi connectivity index (χ0) is 15.1. The largest absolute Gasteiger partial charge is 0.493 e. The highest BCUT2D eigenvalue weighted by molar-refractivity contribution is 5.43. The molecule has 0 saturated heterocycles. The Hall–Kier alpha value is -2.27. The maximum absolute atomic E-state index is 13.0. The highest BCUT2D eigenvalue weighted by Gasteiger charge is 2.08. The summed E-state index contributed by atoms with van der Waals surface area (Å²) < 4.78 is 23.7. The van der Waals surface area contributed by atoms with E-state index in [4.69, 9.17) is 9.47 Å². The maximum atomic E-state index is 13.0. The quantitative estimate of drug-likeness (QED) is 0.823.